The van der Waals surface area contributed by atoms with E-state index in [0.29, 0.717) is 26.2 Å². The van der Waals surface area contributed by atoms with Gasteiger partial charge in [-0.2, -0.15) is 0 Å². The number of aliphatic hydroxyl groups is 2. The van der Waals surface area contributed by atoms with Crippen molar-refractivity contribution >= 4 is 0 Å². The summed E-state index contributed by atoms with van der Waals surface area (Å²) in [4.78, 5) is 1.85. The van der Waals surface area contributed by atoms with Gasteiger partial charge in [-0.05, 0) is 64.9 Å². The second kappa shape index (κ2) is 11.4. The maximum atomic E-state index is 10.7. The van der Waals surface area contributed by atoms with E-state index in [4.69, 9.17) is 19.9 Å². The van der Waals surface area contributed by atoms with Crippen molar-refractivity contribution in [1.82, 2.24) is 4.90 Å². The smallest absolute Gasteiger partial charge is 0.216 e. The van der Waals surface area contributed by atoms with Gasteiger partial charge in [-0.1, -0.05) is 30.3 Å². The Labute approximate surface area is 192 Å². The van der Waals surface area contributed by atoms with Crippen molar-refractivity contribution in [1.29, 1.82) is 0 Å². The summed E-state index contributed by atoms with van der Waals surface area (Å²) in [5, 5.41) is 20.8. The summed E-state index contributed by atoms with van der Waals surface area (Å²) < 4.78 is 18.2. The summed E-state index contributed by atoms with van der Waals surface area (Å²) in [6.45, 7) is 7.24. The maximum absolute atomic E-state index is 10.7. The zero-order valence-corrected chi connectivity index (χ0v) is 19.9. The first kappa shape index (κ1) is 25.6. The first-order chi connectivity index (χ1) is 15.2. The third-order valence-electron chi connectivity index (χ3n) is 6.60. The van der Waals surface area contributed by atoms with Crippen molar-refractivity contribution in [2.24, 2.45) is 5.73 Å². The molecule has 3 atom stereocenters. The van der Waals surface area contributed by atoms with Crippen LogP contribution in [0.5, 0.6) is 0 Å². The Bertz CT molecular complexity index is 675. The van der Waals surface area contributed by atoms with Crippen LogP contribution in [0.1, 0.15) is 64.9 Å². The molecule has 182 valence electrons. The van der Waals surface area contributed by atoms with Crippen molar-refractivity contribution in [3.8, 4) is 0 Å². The fourth-order valence-electron chi connectivity index (χ4n) is 4.72. The van der Waals surface area contributed by atoms with Crippen molar-refractivity contribution in [3.05, 3.63) is 35.9 Å². The van der Waals surface area contributed by atoms with Crippen LogP contribution in [0.4, 0.5) is 0 Å². The van der Waals surface area contributed by atoms with Gasteiger partial charge in [-0.3, -0.25) is 0 Å². The third-order valence-corrected chi connectivity index (χ3v) is 6.60. The Morgan fingerprint density at radius 3 is 2.31 bits per heavy atom. The molecule has 0 radical (unpaired) electrons. The molecule has 3 unspecified atom stereocenters. The van der Waals surface area contributed by atoms with Crippen molar-refractivity contribution in [2.75, 3.05) is 19.8 Å². The number of nitrogens with zero attached hydrogens (tertiary/aromatic N) is 1. The quantitative estimate of drug-likeness (QED) is 0.498. The molecule has 32 heavy (non-hydrogen) atoms. The van der Waals surface area contributed by atoms with Crippen LogP contribution in [0.15, 0.2) is 30.3 Å². The number of aliphatic hydroxyl groups excluding tert-OH is 2. The van der Waals surface area contributed by atoms with Crippen molar-refractivity contribution < 1.29 is 24.4 Å². The lowest BCUT2D eigenvalue weighted by Gasteiger charge is -2.49. The summed E-state index contributed by atoms with van der Waals surface area (Å²) >= 11 is 0. The topological polar surface area (TPSA) is 97.4 Å². The van der Waals surface area contributed by atoms with Gasteiger partial charge in [0.15, 0.2) is 0 Å². The molecule has 1 saturated heterocycles. The van der Waals surface area contributed by atoms with Gasteiger partial charge in [-0.15, -0.1) is 0 Å². The predicted molar refractivity (Wildman–Crippen MR) is 124 cm³/mol. The standard InChI is InChI=1S/C25H42N2O5/c1-24(2,3)32-23(29)27-15-7-14-25(26,18-28)22(27)17-31-21-12-10-20(11-13-21)30-16-19-8-5-4-6-9-19/h4-6,8-9,20-23,28-29H,7,10-18,26H2,1-3H3. The largest absolute Gasteiger partial charge is 0.394 e. The van der Waals surface area contributed by atoms with Crippen LogP contribution in [0.25, 0.3) is 0 Å². The Kier molecular flexibility index (Phi) is 9.09. The first-order valence-electron chi connectivity index (χ1n) is 12.0. The van der Waals surface area contributed by atoms with E-state index >= 15 is 0 Å². The Morgan fingerprint density at radius 2 is 1.72 bits per heavy atom. The summed E-state index contributed by atoms with van der Waals surface area (Å²) in [5.74, 6) is 0. The van der Waals surface area contributed by atoms with E-state index in [9.17, 15) is 10.2 Å². The van der Waals surface area contributed by atoms with E-state index < -0.39 is 17.6 Å². The number of ether oxygens (including phenoxy) is 3. The lowest BCUT2D eigenvalue weighted by molar-refractivity contribution is -0.264. The molecule has 1 aliphatic heterocycles. The van der Waals surface area contributed by atoms with Crippen LogP contribution >= 0.6 is 0 Å². The molecule has 1 aromatic rings. The summed E-state index contributed by atoms with van der Waals surface area (Å²) in [7, 11) is 0. The molecule has 2 fully saturated rings. The number of nitrogens with two attached hydrogens (primary N) is 1. The van der Waals surface area contributed by atoms with E-state index in [1.165, 1.54) is 5.56 Å². The van der Waals surface area contributed by atoms with E-state index in [-0.39, 0.29) is 24.9 Å². The lowest BCUT2D eigenvalue weighted by atomic mass is 9.83. The van der Waals surface area contributed by atoms with E-state index in [1.807, 2.05) is 43.9 Å². The zero-order valence-electron chi connectivity index (χ0n) is 19.9. The molecular weight excluding hydrogens is 408 g/mol. The number of likely N-dealkylation sites (tertiary alicyclic amines) is 1. The van der Waals surface area contributed by atoms with Crippen molar-refractivity contribution in [3.63, 3.8) is 0 Å². The molecule has 1 aliphatic carbocycles. The minimum absolute atomic E-state index is 0.138. The predicted octanol–water partition coefficient (Wildman–Crippen LogP) is 2.78. The minimum Gasteiger partial charge on any atom is -0.394 e. The summed E-state index contributed by atoms with van der Waals surface area (Å²) in [6.07, 6.45) is 4.60. The highest BCUT2D eigenvalue weighted by Crippen LogP contribution is 2.31. The highest BCUT2D eigenvalue weighted by molar-refractivity contribution is 5.13. The molecule has 1 aromatic carbocycles. The summed E-state index contributed by atoms with van der Waals surface area (Å²) in [6, 6.07) is 9.94. The van der Waals surface area contributed by atoms with Crippen molar-refractivity contribution in [2.45, 2.75) is 102 Å². The molecule has 0 spiro atoms. The van der Waals surface area contributed by atoms with Crippen LogP contribution in [0.3, 0.4) is 0 Å². The van der Waals surface area contributed by atoms with E-state index in [1.54, 1.807) is 0 Å². The maximum Gasteiger partial charge on any atom is 0.216 e. The van der Waals surface area contributed by atoms with Gasteiger partial charge < -0.3 is 30.2 Å². The molecule has 7 nitrogen and oxygen atoms in total. The van der Waals surface area contributed by atoms with E-state index in [2.05, 4.69) is 12.1 Å². The molecule has 0 bridgehead atoms. The SMILES string of the molecule is CC(C)(C)OC(O)N1CCCC(N)(CO)C1COC1CCC(OCc2ccccc2)CC1. The van der Waals surface area contributed by atoms with Gasteiger partial charge >= 0.3 is 0 Å². The zero-order chi connectivity index (χ0) is 23.2. The highest BCUT2D eigenvalue weighted by atomic mass is 16.6. The Morgan fingerprint density at radius 1 is 1.09 bits per heavy atom. The minimum atomic E-state index is -1.08. The van der Waals surface area contributed by atoms with Gasteiger partial charge in [0.05, 0.1) is 49.2 Å². The number of piperidine rings is 1. The van der Waals surface area contributed by atoms with Gasteiger partial charge in [-0.25, -0.2) is 4.90 Å². The second-order valence-corrected chi connectivity index (χ2v) is 10.3. The molecule has 4 N–H and O–H groups in total. The van der Waals surface area contributed by atoms with Gasteiger partial charge in [0.2, 0.25) is 6.41 Å². The van der Waals surface area contributed by atoms with Crippen LogP contribution in [-0.2, 0) is 20.8 Å². The summed E-state index contributed by atoms with van der Waals surface area (Å²) in [5.41, 5.74) is 6.45. The van der Waals surface area contributed by atoms with Gasteiger partial charge in [0.1, 0.15) is 0 Å². The average molecular weight is 451 g/mol. The fourth-order valence-corrected chi connectivity index (χ4v) is 4.72. The molecule has 7 heteroatoms. The normalized spacial score (nSPS) is 30.9. The van der Waals surface area contributed by atoms with Gasteiger partial charge in [0, 0.05) is 6.54 Å². The Hall–Kier alpha value is -1.06. The second-order valence-electron chi connectivity index (χ2n) is 10.3. The van der Waals surface area contributed by atoms with E-state index in [0.717, 1.165) is 32.1 Å². The highest BCUT2D eigenvalue weighted by Gasteiger charge is 2.45. The molecule has 0 aromatic heterocycles. The van der Waals surface area contributed by atoms with Crippen LogP contribution < -0.4 is 5.73 Å². The molecule has 2 aliphatic rings. The lowest BCUT2D eigenvalue weighted by Crippen LogP contribution is -2.68. The number of benzene rings is 1. The molecular formula is C25H42N2O5. The fraction of sp³-hybridized carbons (Fsp3) is 0.760. The molecule has 3 rings (SSSR count). The Balaban J connectivity index is 1.50. The number of hydrogen-bond donors (Lipinski definition) is 3. The number of rotatable bonds is 9. The number of hydrogen-bond acceptors (Lipinski definition) is 7. The molecule has 1 saturated carbocycles. The average Bonchev–Trinajstić information content (AvgIpc) is 2.77. The first-order valence-corrected chi connectivity index (χ1v) is 12.0. The molecule has 1 heterocycles. The molecule has 0 amide bonds. The van der Waals surface area contributed by atoms with Gasteiger partial charge in [0.25, 0.3) is 0 Å². The third kappa shape index (κ3) is 7.22. The monoisotopic (exact) mass is 450 g/mol. The van der Waals surface area contributed by atoms with Crippen LogP contribution in [0.2, 0.25) is 0 Å². The van der Waals surface area contributed by atoms with Crippen LogP contribution in [-0.4, -0.2) is 70.7 Å². The van der Waals surface area contributed by atoms with Crippen LogP contribution in [0, 0.1) is 0 Å².